The van der Waals surface area contributed by atoms with E-state index in [4.69, 9.17) is 9.15 Å². The molecule has 0 unspecified atom stereocenters. The maximum atomic E-state index is 12.4. The molecule has 4 aromatic rings. The Balaban J connectivity index is 1.37. The number of anilines is 1. The molecule has 2 heterocycles. The standard InChI is InChI=1S/C26H27N5O4/c1-16-8-10-21(11-9-16)34-15-24(32)28-20-7-5-6-19(13-20)26-29-23(18(3)35-26)14-27-25(33)22-12-17(2)31(4)30-22/h5-13H,14-15H2,1-4H3,(H,27,33)(H,28,32). The van der Waals surface area contributed by atoms with Gasteiger partial charge in [-0.1, -0.05) is 23.8 Å². The van der Waals surface area contributed by atoms with Gasteiger partial charge in [0, 0.05) is 24.0 Å². The number of amides is 2. The van der Waals surface area contributed by atoms with Gasteiger partial charge in [-0.05, 0) is 57.2 Å². The zero-order valence-electron chi connectivity index (χ0n) is 20.1. The molecule has 2 aromatic heterocycles. The van der Waals surface area contributed by atoms with Gasteiger partial charge >= 0.3 is 0 Å². The van der Waals surface area contributed by atoms with E-state index in [0.717, 1.165) is 11.3 Å². The van der Waals surface area contributed by atoms with E-state index >= 15 is 0 Å². The summed E-state index contributed by atoms with van der Waals surface area (Å²) in [7, 11) is 1.79. The molecular weight excluding hydrogens is 446 g/mol. The highest BCUT2D eigenvalue weighted by atomic mass is 16.5. The first-order valence-electron chi connectivity index (χ1n) is 11.1. The van der Waals surface area contributed by atoms with Gasteiger partial charge in [-0.3, -0.25) is 14.3 Å². The van der Waals surface area contributed by atoms with Crippen molar-refractivity contribution in [2.75, 3.05) is 11.9 Å². The van der Waals surface area contributed by atoms with Crippen LogP contribution in [0.25, 0.3) is 11.5 Å². The van der Waals surface area contributed by atoms with Crippen molar-refractivity contribution in [2.45, 2.75) is 27.3 Å². The van der Waals surface area contributed by atoms with E-state index in [9.17, 15) is 9.59 Å². The molecule has 35 heavy (non-hydrogen) atoms. The lowest BCUT2D eigenvalue weighted by molar-refractivity contribution is -0.118. The molecule has 0 radical (unpaired) electrons. The Labute approximate surface area is 203 Å². The highest BCUT2D eigenvalue weighted by Crippen LogP contribution is 2.24. The first-order chi connectivity index (χ1) is 16.8. The van der Waals surface area contributed by atoms with Crippen LogP contribution in [-0.2, 0) is 18.4 Å². The molecule has 9 heteroatoms. The van der Waals surface area contributed by atoms with Crippen molar-refractivity contribution >= 4 is 17.5 Å². The average Bonchev–Trinajstić information content (AvgIpc) is 3.38. The third-order valence-electron chi connectivity index (χ3n) is 5.44. The monoisotopic (exact) mass is 473 g/mol. The molecule has 180 valence electrons. The van der Waals surface area contributed by atoms with Crippen molar-refractivity contribution in [1.29, 1.82) is 0 Å². The van der Waals surface area contributed by atoms with Crippen molar-refractivity contribution in [1.82, 2.24) is 20.1 Å². The van der Waals surface area contributed by atoms with Gasteiger partial charge in [0.25, 0.3) is 11.8 Å². The van der Waals surface area contributed by atoms with Crippen LogP contribution in [0.15, 0.2) is 59.0 Å². The lowest BCUT2D eigenvalue weighted by atomic mass is 10.2. The van der Waals surface area contributed by atoms with Gasteiger partial charge in [0.1, 0.15) is 22.9 Å². The van der Waals surface area contributed by atoms with Crippen molar-refractivity contribution in [3.8, 4) is 17.2 Å². The summed E-state index contributed by atoms with van der Waals surface area (Å²) < 4.78 is 13.0. The Morgan fingerprint density at radius 2 is 1.83 bits per heavy atom. The highest BCUT2D eigenvalue weighted by Gasteiger charge is 2.15. The third kappa shape index (κ3) is 5.94. The minimum absolute atomic E-state index is 0.106. The summed E-state index contributed by atoms with van der Waals surface area (Å²) in [6.07, 6.45) is 0. The van der Waals surface area contributed by atoms with Gasteiger partial charge in [-0.15, -0.1) is 0 Å². The third-order valence-corrected chi connectivity index (χ3v) is 5.44. The Kier molecular flexibility index (Phi) is 6.96. The van der Waals surface area contributed by atoms with E-state index in [-0.39, 0.29) is 25.0 Å². The van der Waals surface area contributed by atoms with E-state index in [1.807, 2.05) is 44.2 Å². The number of hydrogen-bond donors (Lipinski definition) is 2. The molecule has 0 bridgehead atoms. The number of nitrogens with one attached hydrogen (secondary N) is 2. The van der Waals surface area contributed by atoms with Crippen LogP contribution in [0.1, 0.15) is 33.2 Å². The lowest BCUT2D eigenvalue weighted by Gasteiger charge is -2.08. The Morgan fingerprint density at radius 1 is 1.06 bits per heavy atom. The SMILES string of the molecule is Cc1ccc(OCC(=O)Nc2cccc(-c3nc(CNC(=O)c4cc(C)n(C)n4)c(C)o3)c2)cc1. The number of carbonyl (C=O) groups is 2. The normalized spacial score (nSPS) is 10.7. The largest absolute Gasteiger partial charge is 0.484 e. The number of oxazole rings is 1. The van der Waals surface area contributed by atoms with Gasteiger partial charge < -0.3 is 19.8 Å². The minimum Gasteiger partial charge on any atom is -0.484 e. The molecular formula is C26H27N5O4. The number of nitrogens with zero attached hydrogens (tertiary/aromatic N) is 3. The van der Waals surface area contributed by atoms with Crippen LogP contribution >= 0.6 is 0 Å². The molecule has 0 saturated heterocycles. The molecule has 0 aliphatic rings. The van der Waals surface area contributed by atoms with E-state index in [1.165, 1.54) is 0 Å². The molecule has 0 aliphatic carbocycles. The van der Waals surface area contributed by atoms with Gasteiger partial charge in [0.05, 0.1) is 6.54 Å². The summed E-state index contributed by atoms with van der Waals surface area (Å²) in [6, 6.07) is 16.4. The summed E-state index contributed by atoms with van der Waals surface area (Å²) >= 11 is 0. The quantitative estimate of drug-likeness (QED) is 0.401. The summed E-state index contributed by atoms with van der Waals surface area (Å²) in [5, 5.41) is 9.82. The molecule has 0 spiro atoms. The molecule has 0 fully saturated rings. The number of aryl methyl sites for hydroxylation is 4. The van der Waals surface area contributed by atoms with Crippen LogP contribution < -0.4 is 15.4 Å². The van der Waals surface area contributed by atoms with E-state index in [0.29, 0.717) is 40.0 Å². The summed E-state index contributed by atoms with van der Waals surface area (Å²) in [5.74, 6) is 1.06. The number of carbonyl (C=O) groups excluding carboxylic acids is 2. The predicted octanol–water partition coefficient (Wildman–Crippen LogP) is 3.95. The molecule has 0 atom stereocenters. The highest BCUT2D eigenvalue weighted by molar-refractivity contribution is 5.93. The Hall–Kier alpha value is -4.40. The fourth-order valence-electron chi connectivity index (χ4n) is 3.35. The maximum absolute atomic E-state index is 12.4. The van der Waals surface area contributed by atoms with Crippen LogP contribution in [0.3, 0.4) is 0 Å². The van der Waals surface area contributed by atoms with E-state index < -0.39 is 0 Å². The van der Waals surface area contributed by atoms with Gasteiger partial charge in [-0.25, -0.2) is 4.98 Å². The topological polar surface area (TPSA) is 111 Å². The lowest BCUT2D eigenvalue weighted by Crippen LogP contribution is -2.24. The molecule has 2 N–H and O–H groups in total. The second-order valence-corrected chi connectivity index (χ2v) is 8.23. The van der Waals surface area contributed by atoms with Gasteiger partial charge in [0.2, 0.25) is 5.89 Å². The number of benzene rings is 2. The summed E-state index contributed by atoms with van der Waals surface area (Å²) in [5.41, 5.74) is 4.26. The smallest absolute Gasteiger partial charge is 0.272 e. The maximum Gasteiger partial charge on any atom is 0.272 e. The van der Waals surface area contributed by atoms with Crippen LogP contribution in [0, 0.1) is 20.8 Å². The van der Waals surface area contributed by atoms with Crippen molar-refractivity contribution in [3.63, 3.8) is 0 Å². The van der Waals surface area contributed by atoms with E-state index in [2.05, 4.69) is 20.7 Å². The van der Waals surface area contributed by atoms with E-state index in [1.54, 1.807) is 42.9 Å². The second kappa shape index (κ2) is 10.3. The van der Waals surface area contributed by atoms with Crippen molar-refractivity contribution < 1.29 is 18.7 Å². The summed E-state index contributed by atoms with van der Waals surface area (Å²) in [4.78, 5) is 29.2. The van der Waals surface area contributed by atoms with Crippen molar-refractivity contribution in [3.05, 3.63) is 83.0 Å². The number of rotatable bonds is 8. The Morgan fingerprint density at radius 3 is 2.54 bits per heavy atom. The molecule has 4 rings (SSSR count). The summed E-state index contributed by atoms with van der Waals surface area (Å²) in [6.45, 7) is 5.75. The first kappa shape index (κ1) is 23.7. The molecule has 2 aromatic carbocycles. The van der Waals surface area contributed by atoms with Crippen LogP contribution in [0.5, 0.6) is 5.75 Å². The Bertz CT molecular complexity index is 1340. The van der Waals surface area contributed by atoms with Crippen molar-refractivity contribution in [2.24, 2.45) is 7.05 Å². The van der Waals surface area contributed by atoms with Crippen LogP contribution in [0.2, 0.25) is 0 Å². The fourth-order valence-corrected chi connectivity index (χ4v) is 3.35. The first-order valence-corrected chi connectivity index (χ1v) is 11.1. The van der Waals surface area contributed by atoms with Gasteiger partial charge in [-0.2, -0.15) is 5.10 Å². The average molecular weight is 474 g/mol. The second-order valence-electron chi connectivity index (χ2n) is 8.23. The minimum atomic E-state index is -0.282. The number of aromatic nitrogens is 3. The van der Waals surface area contributed by atoms with Crippen LogP contribution in [0.4, 0.5) is 5.69 Å². The zero-order chi connectivity index (χ0) is 24.9. The number of ether oxygens (including phenoxy) is 1. The predicted molar refractivity (Wildman–Crippen MR) is 131 cm³/mol. The number of hydrogen-bond acceptors (Lipinski definition) is 6. The van der Waals surface area contributed by atoms with Gasteiger partial charge in [0.15, 0.2) is 6.61 Å². The zero-order valence-corrected chi connectivity index (χ0v) is 20.1. The molecule has 0 saturated carbocycles. The molecule has 2 amide bonds. The molecule has 9 nitrogen and oxygen atoms in total. The fraction of sp³-hybridized carbons (Fsp3) is 0.231. The van der Waals surface area contributed by atoms with Crippen LogP contribution in [-0.4, -0.2) is 33.2 Å². The molecule has 0 aliphatic heterocycles.